The van der Waals surface area contributed by atoms with Crippen molar-refractivity contribution in [2.75, 3.05) is 12.4 Å². The Labute approximate surface area is 116 Å². The van der Waals surface area contributed by atoms with Crippen LogP contribution in [0.4, 0.5) is 5.69 Å². The molecule has 2 rings (SSSR count). The van der Waals surface area contributed by atoms with E-state index in [9.17, 15) is 4.79 Å². The lowest BCUT2D eigenvalue weighted by molar-refractivity contribution is 0.0940. The van der Waals surface area contributed by atoms with Gasteiger partial charge in [0, 0.05) is 29.5 Å². The van der Waals surface area contributed by atoms with Crippen molar-refractivity contribution in [3.8, 4) is 0 Å². The van der Waals surface area contributed by atoms with Gasteiger partial charge in [0.05, 0.1) is 17.8 Å². The number of anilines is 1. The highest BCUT2D eigenvalue weighted by molar-refractivity contribution is 6.31. The van der Waals surface area contributed by atoms with Gasteiger partial charge in [-0.2, -0.15) is 5.10 Å². The van der Waals surface area contributed by atoms with E-state index < -0.39 is 0 Å². The second-order valence-corrected chi connectivity index (χ2v) is 4.60. The van der Waals surface area contributed by atoms with Crippen LogP contribution < -0.4 is 10.6 Å². The Morgan fingerprint density at radius 3 is 2.89 bits per heavy atom. The first-order valence-corrected chi connectivity index (χ1v) is 6.26. The van der Waals surface area contributed by atoms with E-state index in [1.807, 2.05) is 6.92 Å². The predicted molar refractivity (Wildman–Crippen MR) is 75.5 cm³/mol. The van der Waals surface area contributed by atoms with Gasteiger partial charge in [0.2, 0.25) is 0 Å². The van der Waals surface area contributed by atoms with Crippen LogP contribution in [0.15, 0.2) is 30.6 Å². The lowest BCUT2D eigenvalue weighted by Gasteiger charge is -2.14. The topological polar surface area (TPSA) is 69.8 Å². The number of H-pyrrole nitrogens is 1. The zero-order chi connectivity index (χ0) is 13.8. The Balaban J connectivity index is 2.18. The SMILES string of the molecule is CNc1ccc(Cl)cc1C(=O)NC(C)c1cn[nH]c1. The number of hydrogen-bond donors (Lipinski definition) is 3. The number of aromatic amines is 1. The van der Waals surface area contributed by atoms with E-state index in [1.165, 1.54) is 0 Å². The molecule has 0 aliphatic carbocycles. The molecule has 0 spiro atoms. The first kappa shape index (κ1) is 13.4. The minimum atomic E-state index is -0.180. The van der Waals surface area contributed by atoms with Crippen molar-refractivity contribution < 1.29 is 4.79 Å². The number of carbonyl (C=O) groups excluding carboxylic acids is 1. The average Bonchev–Trinajstić information content (AvgIpc) is 2.92. The maximum absolute atomic E-state index is 12.2. The number of rotatable bonds is 4. The Kier molecular flexibility index (Phi) is 4.06. The Morgan fingerprint density at radius 1 is 1.47 bits per heavy atom. The number of carbonyl (C=O) groups is 1. The van der Waals surface area contributed by atoms with Gasteiger partial charge in [0.1, 0.15) is 0 Å². The number of aromatic nitrogens is 2. The van der Waals surface area contributed by atoms with Crippen LogP contribution in [-0.4, -0.2) is 23.2 Å². The molecule has 100 valence electrons. The standard InChI is InChI=1S/C13H15ClN4O/c1-8(9-6-16-17-7-9)18-13(19)11-5-10(14)3-4-12(11)15-2/h3-8,15H,1-2H3,(H,16,17)(H,18,19). The van der Waals surface area contributed by atoms with Crippen molar-refractivity contribution in [1.29, 1.82) is 0 Å². The summed E-state index contributed by atoms with van der Waals surface area (Å²) in [5.74, 6) is -0.180. The number of halogens is 1. The van der Waals surface area contributed by atoms with Crippen LogP contribution in [0.3, 0.4) is 0 Å². The summed E-state index contributed by atoms with van der Waals surface area (Å²) >= 11 is 5.93. The van der Waals surface area contributed by atoms with Crippen molar-refractivity contribution in [2.24, 2.45) is 0 Å². The number of nitrogens with one attached hydrogen (secondary N) is 3. The monoisotopic (exact) mass is 278 g/mol. The van der Waals surface area contributed by atoms with Gasteiger partial charge in [-0.15, -0.1) is 0 Å². The molecule has 0 aliphatic heterocycles. The molecular weight excluding hydrogens is 264 g/mol. The van der Waals surface area contributed by atoms with Gasteiger partial charge in [-0.1, -0.05) is 11.6 Å². The van der Waals surface area contributed by atoms with E-state index in [1.54, 1.807) is 37.6 Å². The van der Waals surface area contributed by atoms with Crippen molar-refractivity contribution in [2.45, 2.75) is 13.0 Å². The fourth-order valence-corrected chi connectivity index (χ4v) is 1.95. The third-order valence-corrected chi connectivity index (χ3v) is 3.10. The number of amides is 1. The summed E-state index contributed by atoms with van der Waals surface area (Å²) in [5.41, 5.74) is 2.17. The molecule has 0 bridgehead atoms. The molecule has 1 aromatic carbocycles. The lowest BCUT2D eigenvalue weighted by Crippen LogP contribution is -2.27. The molecule has 1 heterocycles. The molecule has 3 N–H and O–H groups in total. The quantitative estimate of drug-likeness (QED) is 0.805. The van der Waals surface area contributed by atoms with E-state index in [4.69, 9.17) is 11.6 Å². The van der Waals surface area contributed by atoms with Crippen molar-refractivity contribution in [3.63, 3.8) is 0 Å². The minimum Gasteiger partial charge on any atom is -0.387 e. The van der Waals surface area contributed by atoms with Crippen LogP contribution in [0.2, 0.25) is 5.02 Å². The molecule has 2 aromatic rings. The summed E-state index contributed by atoms with van der Waals surface area (Å²) in [7, 11) is 1.76. The first-order chi connectivity index (χ1) is 9.11. The number of hydrogen-bond acceptors (Lipinski definition) is 3. The van der Waals surface area contributed by atoms with Crippen LogP contribution in [0, 0.1) is 0 Å². The molecule has 1 atom stereocenters. The Hall–Kier alpha value is -2.01. The van der Waals surface area contributed by atoms with Crippen molar-refractivity contribution in [3.05, 3.63) is 46.7 Å². The van der Waals surface area contributed by atoms with Crippen LogP contribution >= 0.6 is 11.6 Å². The molecule has 1 amide bonds. The predicted octanol–water partition coefficient (Wildman–Crippen LogP) is 2.60. The molecule has 5 nitrogen and oxygen atoms in total. The summed E-state index contributed by atoms with van der Waals surface area (Å²) < 4.78 is 0. The Bertz CT molecular complexity index is 568. The fourth-order valence-electron chi connectivity index (χ4n) is 1.78. The molecule has 0 aliphatic rings. The molecule has 1 unspecified atom stereocenters. The molecular formula is C13H15ClN4O. The summed E-state index contributed by atoms with van der Waals surface area (Å²) in [6.45, 7) is 1.90. The number of benzene rings is 1. The normalized spacial score (nSPS) is 11.9. The van der Waals surface area contributed by atoms with Gasteiger partial charge in [-0.3, -0.25) is 9.89 Å². The lowest BCUT2D eigenvalue weighted by atomic mass is 10.1. The van der Waals surface area contributed by atoms with E-state index in [0.717, 1.165) is 11.3 Å². The van der Waals surface area contributed by atoms with Gasteiger partial charge in [-0.25, -0.2) is 0 Å². The highest BCUT2D eigenvalue weighted by Crippen LogP contribution is 2.21. The van der Waals surface area contributed by atoms with Gasteiger partial charge in [0.25, 0.3) is 5.91 Å². The zero-order valence-electron chi connectivity index (χ0n) is 10.7. The maximum atomic E-state index is 12.2. The summed E-state index contributed by atoms with van der Waals surface area (Å²) in [4.78, 5) is 12.2. The van der Waals surface area contributed by atoms with E-state index in [0.29, 0.717) is 10.6 Å². The third-order valence-electron chi connectivity index (χ3n) is 2.86. The van der Waals surface area contributed by atoms with Gasteiger partial charge in [0.15, 0.2) is 0 Å². The summed E-state index contributed by atoms with van der Waals surface area (Å²) in [6.07, 6.45) is 3.43. The molecule has 6 heteroatoms. The summed E-state index contributed by atoms with van der Waals surface area (Å²) in [5, 5.41) is 13.0. The van der Waals surface area contributed by atoms with Crippen LogP contribution in [0.25, 0.3) is 0 Å². The second kappa shape index (κ2) is 5.75. The number of nitrogens with zero attached hydrogens (tertiary/aromatic N) is 1. The molecule has 0 saturated carbocycles. The van der Waals surface area contributed by atoms with Gasteiger partial charge >= 0.3 is 0 Å². The van der Waals surface area contributed by atoms with Gasteiger partial charge in [-0.05, 0) is 25.1 Å². The smallest absolute Gasteiger partial charge is 0.253 e. The fraction of sp³-hybridized carbons (Fsp3) is 0.231. The summed E-state index contributed by atoms with van der Waals surface area (Å²) in [6, 6.07) is 5.03. The molecule has 1 aromatic heterocycles. The molecule has 0 radical (unpaired) electrons. The van der Waals surface area contributed by atoms with E-state index in [-0.39, 0.29) is 11.9 Å². The van der Waals surface area contributed by atoms with E-state index in [2.05, 4.69) is 20.8 Å². The van der Waals surface area contributed by atoms with Crippen LogP contribution in [0.1, 0.15) is 28.9 Å². The van der Waals surface area contributed by atoms with Crippen LogP contribution in [-0.2, 0) is 0 Å². The third kappa shape index (κ3) is 3.06. The average molecular weight is 279 g/mol. The largest absolute Gasteiger partial charge is 0.387 e. The Morgan fingerprint density at radius 2 is 2.26 bits per heavy atom. The van der Waals surface area contributed by atoms with E-state index >= 15 is 0 Å². The van der Waals surface area contributed by atoms with Crippen molar-refractivity contribution >= 4 is 23.2 Å². The highest BCUT2D eigenvalue weighted by atomic mass is 35.5. The maximum Gasteiger partial charge on any atom is 0.253 e. The highest BCUT2D eigenvalue weighted by Gasteiger charge is 2.15. The first-order valence-electron chi connectivity index (χ1n) is 5.88. The minimum absolute atomic E-state index is 0.130. The zero-order valence-corrected chi connectivity index (χ0v) is 11.5. The van der Waals surface area contributed by atoms with Crippen molar-refractivity contribution in [1.82, 2.24) is 15.5 Å². The molecule has 0 saturated heterocycles. The van der Waals surface area contributed by atoms with Crippen LogP contribution in [0.5, 0.6) is 0 Å². The second-order valence-electron chi connectivity index (χ2n) is 4.17. The molecule has 19 heavy (non-hydrogen) atoms. The van der Waals surface area contributed by atoms with Gasteiger partial charge < -0.3 is 10.6 Å². The molecule has 0 fully saturated rings.